The number of anilines is 2. The molecule has 3 rings (SSSR count). The van der Waals surface area contributed by atoms with Crippen molar-refractivity contribution in [1.29, 1.82) is 0 Å². The van der Waals surface area contributed by atoms with E-state index >= 15 is 0 Å². The van der Waals surface area contributed by atoms with Crippen molar-refractivity contribution >= 4 is 27.3 Å². The van der Waals surface area contributed by atoms with Gasteiger partial charge in [0.2, 0.25) is 15.9 Å². The lowest BCUT2D eigenvalue weighted by molar-refractivity contribution is -0.114. The van der Waals surface area contributed by atoms with E-state index in [0.717, 1.165) is 24.9 Å². The fourth-order valence-corrected chi connectivity index (χ4v) is 4.84. The van der Waals surface area contributed by atoms with Gasteiger partial charge < -0.3 is 15.1 Å². The second-order valence-corrected chi connectivity index (χ2v) is 9.72. The van der Waals surface area contributed by atoms with Gasteiger partial charge >= 0.3 is 0 Å². The largest absolute Gasteiger partial charge is 0.374 e. The van der Waals surface area contributed by atoms with Crippen LogP contribution in [0.25, 0.3) is 0 Å². The molecule has 0 bridgehead atoms. The third-order valence-electron chi connectivity index (χ3n) is 5.41. The van der Waals surface area contributed by atoms with Crippen molar-refractivity contribution in [1.82, 2.24) is 9.62 Å². The Morgan fingerprint density at radius 3 is 2.50 bits per heavy atom. The molecule has 1 heterocycles. The summed E-state index contributed by atoms with van der Waals surface area (Å²) in [7, 11) is 2.34. The number of sulfonamides is 1. The van der Waals surface area contributed by atoms with Gasteiger partial charge in [0.15, 0.2) is 0 Å². The zero-order valence-corrected chi connectivity index (χ0v) is 18.8. The van der Waals surface area contributed by atoms with Crippen molar-refractivity contribution in [3.63, 3.8) is 0 Å². The number of nitrogens with one attached hydrogen (secondary N) is 2. The SMILES string of the molecule is CC(=O)Nc1ccc(S(=O)(=O)NC[C@@H](c2ccc3c(c2)CCCN3C)N(C)C)cc1. The predicted molar refractivity (Wildman–Crippen MR) is 120 cm³/mol. The number of fused-ring (bicyclic) bond motifs is 1. The van der Waals surface area contributed by atoms with E-state index < -0.39 is 10.0 Å². The molecule has 0 saturated carbocycles. The Labute approximate surface area is 179 Å². The smallest absolute Gasteiger partial charge is 0.240 e. The molecule has 8 heteroatoms. The first-order chi connectivity index (χ1) is 14.2. The lowest BCUT2D eigenvalue weighted by atomic mass is 9.96. The molecule has 0 radical (unpaired) electrons. The summed E-state index contributed by atoms with van der Waals surface area (Å²) in [4.78, 5) is 15.6. The van der Waals surface area contributed by atoms with E-state index in [1.807, 2.05) is 19.0 Å². The molecule has 2 aromatic carbocycles. The maximum absolute atomic E-state index is 12.8. The highest BCUT2D eigenvalue weighted by Crippen LogP contribution is 2.30. The van der Waals surface area contributed by atoms with Crippen molar-refractivity contribution in [2.24, 2.45) is 0 Å². The summed E-state index contributed by atoms with van der Waals surface area (Å²) in [5.74, 6) is -0.200. The van der Waals surface area contributed by atoms with Gasteiger partial charge in [0.05, 0.1) is 4.90 Å². The molecular weight excluding hydrogens is 400 g/mol. The second kappa shape index (κ2) is 9.16. The molecule has 0 aromatic heterocycles. The van der Waals surface area contributed by atoms with Gasteiger partial charge in [-0.15, -0.1) is 0 Å². The molecule has 0 unspecified atom stereocenters. The summed E-state index contributed by atoms with van der Waals surface area (Å²) in [5.41, 5.74) is 4.22. The molecule has 0 spiro atoms. The third-order valence-corrected chi connectivity index (χ3v) is 6.85. The minimum absolute atomic E-state index is 0.0871. The van der Waals surface area contributed by atoms with E-state index in [9.17, 15) is 13.2 Å². The van der Waals surface area contributed by atoms with Crippen LogP contribution < -0.4 is 14.9 Å². The van der Waals surface area contributed by atoms with Crippen molar-refractivity contribution in [2.75, 3.05) is 44.4 Å². The molecule has 7 nitrogen and oxygen atoms in total. The summed E-state index contributed by atoms with van der Waals surface area (Å²) in [5, 5.41) is 2.63. The van der Waals surface area contributed by atoms with Crippen LogP contribution in [-0.2, 0) is 21.2 Å². The first-order valence-corrected chi connectivity index (χ1v) is 11.5. The molecule has 1 amide bonds. The molecule has 1 atom stereocenters. The zero-order chi connectivity index (χ0) is 21.9. The third kappa shape index (κ3) is 5.19. The number of hydrogen-bond acceptors (Lipinski definition) is 5. The highest BCUT2D eigenvalue weighted by Gasteiger charge is 2.22. The fraction of sp³-hybridized carbons (Fsp3) is 0.409. The Bertz CT molecular complexity index is 1000. The number of benzene rings is 2. The maximum atomic E-state index is 12.8. The monoisotopic (exact) mass is 430 g/mol. The van der Waals surface area contributed by atoms with E-state index in [4.69, 9.17) is 0 Å². The number of hydrogen-bond donors (Lipinski definition) is 2. The normalized spacial score (nSPS) is 15.0. The number of rotatable bonds is 7. The average Bonchev–Trinajstić information content (AvgIpc) is 2.68. The van der Waals surface area contributed by atoms with Crippen LogP contribution in [-0.4, -0.2) is 53.5 Å². The lowest BCUT2D eigenvalue weighted by Crippen LogP contribution is -2.34. The number of carbonyl (C=O) groups is 1. The maximum Gasteiger partial charge on any atom is 0.240 e. The molecule has 0 saturated heterocycles. The highest BCUT2D eigenvalue weighted by atomic mass is 32.2. The van der Waals surface area contributed by atoms with Crippen LogP contribution in [0.5, 0.6) is 0 Å². The average molecular weight is 431 g/mol. The quantitative estimate of drug-likeness (QED) is 0.706. The first kappa shape index (κ1) is 22.3. The van der Waals surface area contributed by atoms with Gasteiger partial charge in [-0.05, 0) is 68.4 Å². The Hall–Kier alpha value is -2.42. The topological polar surface area (TPSA) is 81.7 Å². The van der Waals surface area contributed by atoms with Crippen LogP contribution in [0, 0.1) is 0 Å². The molecule has 0 aliphatic carbocycles. The van der Waals surface area contributed by atoms with E-state index in [-0.39, 0.29) is 23.4 Å². The minimum atomic E-state index is -3.67. The number of carbonyl (C=O) groups excluding carboxylic acids is 1. The van der Waals surface area contributed by atoms with Gasteiger partial charge in [0, 0.05) is 44.5 Å². The summed E-state index contributed by atoms with van der Waals surface area (Å²) < 4.78 is 28.3. The van der Waals surface area contributed by atoms with Crippen LogP contribution in [0.3, 0.4) is 0 Å². The molecule has 0 fully saturated rings. The van der Waals surface area contributed by atoms with E-state index in [2.05, 4.69) is 40.2 Å². The van der Waals surface area contributed by atoms with Gasteiger partial charge in [-0.3, -0.25) is 4.79 Å². The number of nitrogens with zero attached hydrogens (tertiary/aromatic N) is 2. The van der Waals surface area contributed by atoms with E-state index in [1.54, 1.807) is 12.1 Å². The number of likely N-dealkylation sites (N-methyl/N-ethyl adjacent to an activating group) is 1. The first-order valence-electron chi connectivity index (χ1n) is 10.0. The molecule has 2 aromatic rings. The Morgan fingerprint density at radius 2 is 1.87 bits per heavy atom. The molecule has 1 aliphatic rings. The number of amides is 1. The van der Waals surface area contributed by atoms with Crippen molar-refractivity contribution < 1.29 is 13.2 Å². The lowest BCUT2D eigenvalue weighted by Gasteiger charge is -2.30. The summed E-state index contributed by atoms with van der Waals surface area (Å²) in [6, 6.07) is 12.5. The Kier molecular flexibility index (Phi) is 6.80. The van der Waals surface area contributed by atoms with Gasteiger partial charge in [-0.1, -0.05) is 12.1 Å². The number of aryl methyl sites for hydroxylation is 1. The van der Waals surface area contributed by atoms with Gasteiger partial charge in [0.25, 0.3) is 0 Å². The van der Waals surface area contributed by atoms with Crippen LogP contribution >= 0.6 is 0 Å². The van der Waals surface area contributed by atoms with Crippen LogP contribution in [0.15, 0.2) is 47.4 Å². The summed E-state index contributed by atoms with van der Waals surface area (Å²) in [6.45, 7) is 2.73. The zero-order valence-electron chi connectivity index (χ0n) is 18.0. The Morgan fingerprint density at radius 1 is 1.17 bits per heavy atom. The second-order valence-electron chi connectivity index (χ2n) is 7.95. The summed E-state index contributed by atoms with van der Waals surface area (Å²) >= 11 is 0. The molecular formula is C22H30N4O3S. The predicted octanol–water partition coefficient (Wildman–Crippen LogP) is 2.61. The molecule has 1 aliphatic heterocycles. The van der Waals surface area contributed by atoms with Gasteiger partial charge in [-0.25, -0.2) is 13.1 Å². The van der Waals surface area contributed by atoms with Gasteiger partial charge in [-0.2, -0.15) is 0 Å². The van der Waals surface area contributed by atoms with Crippen molar-refractivity contribution in [2.45, 2.75) is 30.7 Å². The van der Waals surface area contributed by atoms with Crippen molar-refractivity contribution in [3.05, 3.63) is 53.6 Å². The van der Waals surface area contributed by atoms with Gasteiger partial charge in [0.1, 0.15) is 0 Å². The van der Waals surface area contributed by atoms with Crippen LogP contribution in [0.1, 0.15) is 30.5 Å². The molecule has 162 valence electrons. The highest BCUT2D eigenvalue weighted by molar-refractivity contribution is 7.89. The fourth-order valence-electron chi connectivity index (χ4n) is 3.80. The van der Waals surface area contributed by atoms with Crippen LogP contribution in [0.2, 0.25) is 0 Å². The van der Waals surface area contributed by atoms with Crippen molar-refractivity contribution in [3.8, 4) is 0 Å². The molecule has 30 heavy (non-hydrogen) atoms. The summed E-state index contributed by atoms with van der Waals surface area (Å²) in [6.07, 6.45) is 2.17. The molecule has 2 N–H and O–H groups in total. The Balaban J connectivity index is 1.75. The van der Waals surface area contributed by atoms with E-state index in [1.165, 1.54) is 30.3 Å². The minimum Gasteiger partial charge on any atom is -0.374 e. The standard InChI is InChI=1S/C22H30N4O3S/c1-16(27)24-19-8-10-20(11-9-19)30(28,29)23-15-22(25(2)3)18-7-12-21-17(14-18)6-5-13-26(21)4/h7-12,14,22-23H,5-6,13,15H2,1-4H3,(H,24,27)/t22-/m0/s1. The van der Waals surface area contributed by atoms with E-state index in [0.29, 0.717) is 5.69 Å². The van der Waals surface area contributed by atoms with Crippen LogP contribution in [0.4, 0.5) is 11.4 Å².